The number of thioether (sulfide) groups is 1. The van der Waals surface area contributed by atoms with E-state index in [4.69, 9.17) is 67.8 Å². The molecule has 36 heavy (non-hydrogen) atoms. The maximum absolute atomic E-state index is 12.8. The topological polar surface area (TPSA) is 71.8 Å². The van der Waals surface area contributed by atoms with Gasteiger partial charge in [-0.1, -0.05) is 82.5 Å². The standard InChI is InChI=1S/C24H16Cl4N2O4S2/c25-16-7-5-15(6-8-16)20(31)29-22(24(26,27)28)34-17-9-3-14(4-10-17)12-19-21(32)30(23(35)36-19)13-18-2-1-11-33-18/h1-12,22H,13H2,(H,29,31)/b19-12-. The Bertz CT molecular complexity index is 1290. The van der Waals surface area contributed by atoms with Gasteiger partial charge in [0.2, 0.25) is 10.0 Å². The third-order valence-corrected chi connectivity index (χ3v) is 7.09. The number of carbonyl (C=O) groups excluding carboxylic acids is 2. The van der Waals surface area contributed by atoms with Gasteiger partial charge in [-0.3, -0.25) is 14.5 Å². The average Bonchev–Trinajstić information content (AvgIpc) is 3.44. The van der Waals surface area contributed by atoms with Gasteiger partial charge in [0.1, 0.15) is 15.8 Å². The maximum Gasteiger partial charge on any atom is 0.266 e. The van der Waals surface area contributed by atoms with E-state index < -0.39 is 15.9 Å². The summed E-state index contributed by atoms with van der Waals surface area (Å²) in [6.07, 6.45) is 1.98. The zero-order chi connectivity index (χ0) is 25.9. The Balaban J connectivity index is 1.43. The summed E-state index contributed by atoms with van der Waals surface area (Å²) in [5, 5.41) is 3.05. The highest BCUT2D eigenvalue weighted by molar-refractivity contribution is 8.26. The van der Waals surface area contributed by atoms with Crippen LogP contribution in [0.5, 0.6) is 5.75 Å². The van der Waals surface area contributed by atoms with Crippen LogP contribution in [0, 0.1) is 0 Å². The van der Waals surface area contributed by atoms with Gasteiger partial charge in [0.25, 0.3) is 11.8 Å². The van der Waals surface area contributed by atoms with Crippen molar-refractivity contribution in [2.75, 3.05) is 0 Å². The zero-order valence-electron chi connectivity index (χ0n) is 18.1. The zero-order valence-corrected chi connectivity index (χ0v) is 22.8. The van der Waals surface area contributed by atoms with Gasteiger partial charge in [-0.2, -0.15) is 0 Å². The van der Waals surface area contributed by atoms with Crippen molar-refractivity contribution in [2.45, 2.75) is 16.6 Å². The van der Waals surface area contributed by atoms with E-state index in [1.807, 2.05) is 0 Å². The van der Waals surface area contributed by atoms with E-state index in [1.54, 1.807) is 73.0 Å². The second-order valence-electron chi connectivity index (χ2n) is 7.44. The van der Waals surface area contributed by atoms with Crippen LogP contribution in [0.25, 0.3) is 6.08 Å². The number of rotatable bonds is 7. The highest BCUT2D eigenvalue weighted by Crippen LogP contribution is 2.35. The highest BCUT2D eigenvalue weighted by Gasteiger charge is 2.36. The predicted octanol–water partition coefficient (Wildman–Crippen LogP) is 6.84. The SMILES string of the molecule is O=C(NC(Oc1ccc(/C=C2\SC(=S)N(Cc3ccco3)C2=O)cc1)C(Cl)(Cl)Cl)c1ccc(Cl)cc1. The second-order valence-corrected chi connectivity index (χ2v) is 11.9. The Morgan fingerprint density at radius 2 is 1.83 bits per heavy atom. The average molecular weight is 602 g/mol. The number of carbonyl (C=O) groups is 2. The molecule has 0 bridgehead atoms. The molecule has 0 radical (unpaired) electrons. The Morgan fingerprint density at radius 1 is 1.14 bits per heavy atom. The van der Waals surface area contributed by atoms with Crippen molar-refractivity contribution in [1.29, 1.82) is 0 Å². The number of benzene rings is 2. The Kier molecular flexibility index (Phi) is 8.55. The lowest BCUT2D eigenvalue weighted by molar-refractivity contribution is -0.122. The fourth-order valence-electron chi connectivity index (χ4n) is 3.11. The van der Waals surface area contributed by atoms with E-state index in [0.717, 1.165) is 5.56 Å². The van der Waals surface area contributed by atoms with Crippen LogP contribution >= 0.6 is 70.4 Å². The molecular weight excluding hydrogens is 586 g/mol. The van der Waals surface area contributed by atoms with Crippen LogP contribution < -0.4 is 10.1 Å². The van der Waals surface area contributed by atoms with Crippen molar-refractivity contribution in [3.63, 3.8) is 0 Å². The van der Waals surface area contributed by atoms with Crippen LogP contribution in [0.1, 0.15) is 21.7 Å². The Labute approximate surface area is 236 Å². The van der Waals surface area contributed by atoms with Crippen LogP contribution in [0.3, 0.4) is 0 Å². The van der Waals surface area contributed by atoms with Gasteiger partial charge in [-0.15, -0.1) is 0 Å². The first-order chi connectivity index (χ1) is 17.1. The number of alkyl halides is 3. The lowest BCUT2D eigenvalue weighted by Crippen LogP contribution is -2.47. The molecule has 1 aromatic heterocycles. The monoisotopic (exact) mass is 600 g/mol. The van der Waals surface area contributed by atoms with Gasteiger partial charge in [0, 0.05) is 10.6 Å². The number of hydrogen-bond donors (Lipinski definition) is 1. The van der Waals surface area contributed by atoms with Crippen molar-refractivity contribution in [2.24, 2.45) is 0 Å². The molecule has 186 valence electrons. The summed E-state index contributed by atoms with van der Waals surface area (Å²) in [6.45, 7) is 0.266. The van der Waals surface area contributed by atoms with E-state index in [9.17, 15) is 9.59 Å². The highest BCUT2D eigenvalue weighted by atomic mass is 35.6. The first-order valence-corrected chi connectivity index (χ1v) is 13.0. The molecule has 1 aliphatic rings. The molecule has 2 heterocycles. The normalized spacial score (nSPS) is 15.9. The summed E-state index contributed by atoms with van der Waals surface area (Å²) in [6, 6.07) is 16.5. The predicted molar refractivity (Wildman–Crippen MR) is 147 cm³/mol. The summed E-state index contributed by atoms with van der Waals surface area (Å²) in [5.74, 6) is 0.269. The summed E-state index contributed by atoms with van der Waals surface area (Å²) in [5.41, 5.74) is 1.05. The summed E-state index contributed by atoms with van der Waals surface area (Å²) >= 11 is 30.5. The van der Waals surface area contributed by atoms with Crippen LogP contribution in [0.15, 0.2) is 76.2 Å². The largest absolute Gasteiger partial charge is 0.467 e. The lowest BCUT2D eigenvalue weighted by atomic mass is 10.2. The van der Waals surface area contributed by atoms with Crippen molar-refractivity contribution in [1.82, 2.24) is 10.2 Å². The molecule has 1 atom stereocenters. The minimum absolute atomic E-state index is 0.206. The van der Waals surface area contributed by atoms with Gasteiger partial charge in [0.05, 0.1) is 17.7 Å². The molecule has 1 N–H and O–H groups in total. The molecule has 1 aliphatic heterocycles. The number of halogens is 4. The third kappa shape index (κ3) is 6.76. The van der Waals surface area contributed by atoms with Crippen molar-refractivity contribution < 1.29 is 18.7 Å². The van der Waals surface area contributed by atoms with Crippen LogP contribution in [-0.2, 0) is 11.3 Å². The molecule has 2 amide bonds. The Hall–Kier alpha value is -2.20. The van der Waals surface area contributed by atoms with Gasteiger partial charge in [0.15, 0.2) is 0 Å². The molecule has 0 saturated carbocycles. The smallest absolute Gasteiger partial charge is 0.266 e. The molecule has 1 fully saturated rings. The summed E-state index contributed by atoms with van der Waals surface area (Å²) in [7, 11) is 0. The van der Waals surface area contributed by atoms with E-state index in [2.05, 4.69) is 5.32 Å². The molecule has 6 nitrogen and oxygen atoms in total. The maximum atomic E-state index is 12.8. The molecular formula is C24H16Cl4N2O4S2. The fourth-order valence-corrected chi connectivity index (χ4v) is 4.78. The number of thiocarbonyl (C=S) groups is 1. The number of ether oxygens (including phenoxy) is 1. The quantitative estimate of drug-likeness (QED) is 0.138. The van der Waals surface area contributed by atoms with Gasteiger partial charge >= 0.3 is 0 Å². The number of amides is 2. The number of nitrogens with zero attached hydrogens (tertiary/aromatic N) is 1. The molecule has 2 aromatic carbocycles. The summed E-state index contributed by atoms with van der Waals surface area (Å²) in [4.78, 5) is 27.3. The molecule has 1 unspecified atom stereocenters. The van der Waals surface area contributed by atoms with Crippen molar-refractivity contribution in [3.8, 4) is 5.75 Å². The molecule has 1 saturated heterocycles. The van der Waals surface area contributed by atoms with Crippen LogP contribution in [0.2, 0.25) is 5.02 Å². The van der Waals surface area contributed by atoms with E-state index in [1.165, 1.54) is 16.7 Å². The van der Waals surface area contributed by atoms with Crippen LogP contribution in [-0.4, -0.2) is 31.1 Å². The van der Waals surface area contributed by atoms with E-state index >= 15 is 0 Å². The molecule has 12 heteroatoms. The minimum atomic E-state index is -1.96. The van der Waals surface area contributed by atoms with Gasteiger partial charge in [-0.05, 0) is 60.2 Å². The number of hydrogen-bond acceptors (Lipinski definition) is 6. The van der Waals surface area contributed by atoms with Crippen molar-refractivity contribution >= 4 is 92.6 Å². The molecule has 0 spiro atoms. The third-order valence-electron chi connectivity index (χ3n) is 4.87. The Morgan fingerprint density at radius 3 is 2.44 bits per heavy atom. The second kappa shape index (κ2) is 11.5. The number of furan rings is 1. The lowest BCUT2D eigenvalue weighted by Gasteiger charge is -2.26. The van der Waals surface area contributed by atoms with E-state index in [-0.39, 0.29) is 12.5 Å². The summed E-state index contributed by atoms with van der Waals surface area (Å²) < 4.78 is 9.55. The van der Waals surface area contributed by atoms with Crippen molar-refractivity contribution in [3.05, 3.63) is 93.7 Å². The fraction of sp³-hybridized carbons (Fsp3) is 0.125. The van der Waals surface area contributed by atoms with E-state index in [0.29, 0.717) is 31.3 Å². The first-order valence-electron chi connectivity index (χ1n) is 10.3. The molecule has 3 aromatic rings. The number of nitrogens with one attached hydrogen (secondary N) is 1. The molecule has 4 rings (SSSR count). The first kappa shape index (κ1) is 26.9. The minimum Gasteiger partial charge on any atom is -0.467 e. The van der Waals surface area contributed by atoms with Gasteiger partial charge in [-0.25, -0.2) is 0 Å². The molecule has 0 aliphatic carbocycles. The van der Waals surface area contributed by atoms with Gasteiger partial charge < -0.3 is 14.5 Å². The van der Waals surface area contributed by atoms with Crippen LogP contribution in [0.4, 0.5) is 0 Å².